The Morgan fingerprint density at radius 2 is 1.89 bits per heavy atom. The number of carbonyl (C=O) groups is 1. The van der Waals surface area contributed by atoms with Gasteiger partial charge in [0.05, 0.1) is 17.6 Å². The molecule has 0 aliphatic heterocycles. The topological polar surface area (TPSA) is 106 Å². The lowest BCUT2D eigenvalue weighted by molar-refractivity contribution is 0.0916. The van der Waals surface area contributed by atoms with Crippen molar-refractivity contribution in [1.29, 1.82) is 0 Å². The highest BCUT2D eigenvalue weighted by Gasteiger charge is 2.26. The van der Waals surface area contributed by atoms with E-state index in [9.17, 15) is 13.2 Å². The van der Waals surface area contributed by atoms with Crippen LogP contribution in [0.2, 0.25) is 0 Å². The highest BCUT2D eigenvalue weighted by Crippen LogP contribution is 2.18. The summed E-state index contributed by atoms with van der Waals surface area (Å²) in [6, 6.07) is 10.4. The van der Waals surface area contributed by atoms with E-state index in [0.29, 0.717) is 12.4 Å². The standard InChI is InChI=1S/C19H24N4O4S/c1-5-23-14-9-7-6-8-13(14)21-16(23)12-20-18(24)15-10-11-17(27-15)28(25,26)22-19(2,3)4/h6-11,22H,5,12H2,1-4H3,(H,20,24). The number of nitrogens with zero attached hydrogens (tertiary/aromatic N) is 2. The van der Waals surface area contributed by atoms with Crippen LogP contribution >= 0.6 is 0 Å². The van der Waals surface area contributed by atoms with Gasteiger partial charge in [-0.3, -0.25) is 4.79 Å². The van der Waals surface area contributed by atoms with Crippen LogP contribution in [0.4, 0.5) is 0 Å². The van der Waals surface area contributed by atoms with E-state index in [1.54, 1.807) is 20.8 Å². The molecule has 2 aromatic heterocycles. The number of hydrogen-bond acceptors (Lipinski definition) is 5. The maximum Gasteiger partial charge on any atom is 0.287 e. The Hall–Kier alpha value is -2.65. The van der Waals surface area contributed by atoms with Gasteiger partial charge in [-0.15, -0.1) is 0 Å². The SMILES string of the molecule is CCn1c(CNC(=O)c2ccc(S(=O)(=O)NC(C)(C)C)o2)nc2ccccc21. The van der Waals surface area contributed by atoms with E-state index >= 15 is 0 Å². The summed E-state index contributed by atoms with van der Waals surface area (Å²) < 4.78 is 34.4. The highest BCUT2D eigenvalue weighted by atomic mass is 32.2. The normalized spacial score (nSPS) is 12.4. The molecule has 0 bridgehead atoms. The number of rotatable bonds is 6. The molecule has 1 amide bonds. The van der Waals surface area contributed by atoms with Crippen molar-refractivity contribution in [3.63, 3.8) is 0 Å². The van der Waals surface area contributed by atoms with E-state index in [1.807, 2.05) is 35.8 Å². The Balaban J connectivity index is 1.74. The number of fused-ring (bicyclic) bond motifs is 1. The lowest BCUT2D eigenvalue weighted by Crippen LogP contribution is -2.40. The molecular weight excluding hydrogens is 380 g/mol. The Morgan fingerprint density at radius 3 is 2.57 bits per heavy atom. The monoisotopic (exact) mass is 404 g/mol. The second-order valence-corrected chi connectivity index (χ2v) is 9.03. The van der Waals surface area contributed by atoms with E-state index in [4.69, 9.17) is 4.42 Å². The molecule has 2 N–H and O–H groups in total. The molecule has 2 heterocycles. The lowest BCUT2D eigenvalue weighted by Gasteiger charge is -2.18. The van der Waals surface area contributed by atoms with Crippen molar-refractivity contribution in [2.24, 2.45) is 0 Å². The third-order valence-corrected chi connectivity index (χ3v) is 5.60. The number of amides is 1. The van der Waals surface area contributed by atoms with Gasteiger partial charge in [-0.2, -0.15) is 0 Å². The molecule has 0 atom stereocenters. The van der Waals surface area contributed by atoms with Crippen LogP contribution in [0.15, 0.2) is 45.9 Å². The van der Waals surface area contributed by atoms with Crippen molar-refractivity contribution in [3.05, 3.63) is 48.0 Å². The molecule has 1 aromatic carbocycles. The second kappa shape index (κ2) is 7.40. The van der Waals surface area contributed by atoms with Gasteiger partial charge in [0.1, 0.15) is 5.82 Å². The summed E-state index contributed by atoms with van der Waals surface area (Å²) in [7, 11) is -3.84. The first-order valence-electron chi connectivity index (χ1n) is 8.97. The van der Waals surface area contributed by atoms with Gasteiger partial charge in [-0.1, -0.05) is 12.1 Å². The molecule has 28 heavy (non-hydrogen) atoms. The van der Waals surface area contributed by atoms with Gasteiger partial charge < -0.3 is 14.3 Å². The third-order valence-electron chi connectivity index (χ3n) is 3.97. The minimum atomic E-state index is -3.84. The summed E-state index contributed by atoms with van der Waals surface area (Å²) in [6.45, 7) is 8.09. The van der Waals surface area contributed by atoms with Crippen LogP contribution in [-0.2, 0) is 23.1 Å². The van der Waals surface area contributed by atoms with Gasteiger partial charge >= 0.3 is 0 Å². The quantitative estimate of drug-likeness (QED) is 0.657. The third kappa shape index (κ3) is 4.26. The molecule has 0 aliphatic carbocycles. The molecule has 8 nitrogen and oxygen atoms in total. The van der Waals surface area contributed by atoms with E-state index < -0.39 is 21.5 Å². The van der Waals surface area contributed by atoms with Gasteiger partial charge in [-0.25, -0.2) is 18.1 Å². The van der Waals surface area contributed by atoms with E-state index in [0.717, 1.165) is 11.0 Å². The number of nitrogens with one attached hydrogen (secondary N) is 2. The Bertz CT molecular complexity index is 1110. The van der Waals surface area contributed by atoms with E-state index in [2.05, 4.69) is 15.0 Å². The zero-order chi connectivity index (χ0) is 20.5. The van der Waals surface area contributed by atoms with Crippen LogP contribution in [0, 0.1) is 0 Å². The number of carbonyl (C=O) groups excluding carboxylic acids is 1. The van der Waals surface area contributed by atoms with Crippen molar-refractivity contribution in [3.8, 4) is 0 Å². The molecule has 3 rings (SSSR count). The molecule has 0 fully saturated rings. The van der Waals surface area contributed by atoms with Crippen LogP contribution in [0.1, 0.15) is 44.1 Å². The fourth-order valence-corrected chi connectivity index (χ4v) is 4.25. The van der Waals surface area contributed by atoms with Crippen LogP contribution < -0.4 is 10.0 Å². The molecule has 0 saturated carbocycles. The van der Waals surface area contributed by atoms with Crippen molar-refractivity contribution < 1.29 is 17.6 Å². The largest absolute Gasteiger partial charge is 0.438 e. The zero-order valence-electron chi connectivity index (χ0n) is 16.3. The maximum absolute atomic E-state index is 12.4. The van der Waals surface area contributed by atoms with Gasteiger partial charge in [0.15, 0.2) is 5.76 Å². The van der Waals surface area contributed by atoms with Crippen LogP contribution in [0.5, 0.6) is 0 Å². The molecule has 0 unspecified atom stereocenters. The average Bonchev–Trinajstić information content (AvgIpc) is 3.22. The maximum atomic E-state index is 12.4. The Kier molecular flexibility index (Phi) is 5.31. The number of aryl methyl sites for hydroxylation is 1. The first-order chi connectivity index (χ1) is 13.1. The number of sulfonamides is 1. The summed E-state index contributed by atoms with van der Waals surface area (Å²) in [6.07, 6.45) is 0. The molecule has 0 radical (unpaired) electrons. The Morgan fingerprint density at radius 1 is 1.18 bits per heavy atom. The van der Waals surface area contributed by atoms with Crippen molar-refractivity contribution in [2.75, 3.05) is 0 Å². The number of imidazole rings is 1. The lowest BCUT2D eigenvalue weighted by atomic mass is 10.1. The molecule has 9 heteroatoms. The summed E-state index contributed by atoms with van der Waals surface area (Å²) >= 11 is 0. The van der Waals surface area contributed by atoms with Crippen molar-refractivity contribution in [1.82, 2.24) is 19.6 Å². The summed E-state index contributed by atoms with van der Waals surface area (Å²) in [5.74, 6) is 0.131. The number of furan rings is 1. The molecule has 0 aliphatic rings. The fraction of sp³-hybridized carbons (Fsp3) is 0.368. The smallest absolute Gasteiger partial charge is 0.287 e. The molecular formula is C19H24N4O4S. The number of para-hydroxylation sites is 2. The van der Waals surface area contributed by atoms with Gasteiger partial charge in [-0.05, 0) is 52.0 Å². The molecule has 150 valence electrons. The van der Waals surface area contributed by atoms with Crippen LogP contribution in [-0.4, -0.2) is 29.4 Å². The second-order valence-electron chi connectivity index (χ2n) is 7.42. The number of benzene rings is 1. The number of aromatic nitrogens is 2. The number of hydrogen-bond donors (Lipinski definition) is 2. The van der Waals surface area contributed by atoms with Gasteiger partial charge in [0, 0.05) is 12.1 Å². The summed E-state index contributed by atoms with van der Waals surface area (Å²) in [4.78, 5) is 16.9. The average molecular weight is 404 g/mol. The van der Waals surface area contributed by atoms with Crippen molar-refractivity contribution in [2.45, 2.75) is 51.4 Å². The first kappa shape index (κ1) is 20.1. The Labute approximate surface area is 164 Å². The minimum Gasteiger partial charge on any atom is -0.438 e. The summed E-state index contributed by atoms with van der Waals surface area (Å²) in [5.41, 5.74) is 1.19. The van der Waals surface area contributed by atoms with Crippen LogP contribution in [0.3, 0.4) is 0 Å². The first-order valence-corrected chi connectivity index (χ1v) is 10.5. The molecule has 0 saturated heterocycles. The minimum absolute atomic E-state index is 0.0755. The predicted octanol–water partition coefficient (Wildman–Crippen LogP) is 2.66. The van der Waals surface area contributed by atoms with E-state index in [1.165, 1.54) is 12.1 Å². The zero-order valence-corrected chi connectivity index (χ0v) is 17.1. The van der Waals surface area contributed by atoms with Crippen LogP contribution in [0.25, 0.3) is 11.0 Å². The van der Waals surface area contributed by atoms with E-state index in [-0.39, 0.29) is 17.4 Å². The van der Waals surface area contributed by atoms with Crippen molar-refractivity contribution >= 4 is 27.0 Å². The highest BCUT2D eigenvalue weighted by molar-refractivity contribution is 7.89. The fourth-order valence-electron chi connectivity index (χ4n) is 2.90. The van der Waals surface area contributed by atoms with Gasteiger partial charge in [0.2, 0.25) is 5.09 Å². The summed E-state index contributed by atoms with van der Waals surface area (Å²) in [5, 5.41) is 2.43. The molecule has 3 aromatic rings. The molecule has 0 spiro atoms. The predicted molar refractivity (Wildman–Crippen MR) is 105 cm³/mol. The van der Waals surface area contributed by atoms with Gasteiger partial charge in [0.25, 0.3) is 15.9 Å².